The molecule has 0 aliphatic rings. The molecule has 0 saturated carbocycles. The summed E-state index contributed by atoms with van der Waals surface area (Å²) in [5.74, 6) is 0.625. The van der Waals surface area contributed by atoms with Crippen LogP contribution in [-0.2, 0) is 4.74 Å². The van der Waals surface area contributed by atoms with Gasteiger partial charge < -0.3 is 4.74 Å². The summed E-state index contributed by atoms with van der Waals surface area (Å²) in [7, 11) is 0. The highest BCUT2D eigenvalue weighted by atomic mass is 16.5. The third-order valence-electron chi connectivity index (χ3n) is 8.10. The molecule has 0 amide bonds. The van der Waals surface area contributed by atoms with Crippen LogP contribution in [0.15, 0.2) is 152 Å². The SMILES string of the molecule is N#Cc1ccc(C(=N)OC(N)c2ccc(-c3ccc(-c4cc(-c5ccccc5)nc(-c5ccccc5)n4)cc3)c3ccccc23)cc1. The van der Waals surface area contributed by atoms with E-state index < -0.39 is 6.23 Å². The summed E-state index contributed by atoms with van der Waals surface area (Å²) >= 11 is 0. The van der Waals surface area contributed by atoms with Gasteiger partial charge in [0.25, 0.3) is 0 Å². The Kier molecular flexibility index (Phi) is 8.04. The minimum absolute atomic E-state index is 0.0544. The first kappa shape index (κ1) is 29.3. The highest BCUT2D eigenvalue weighted by Crippen LogP contribution is 2.35. The van der Waals surface area contributed by atoms with Crippen molar-refractivity contribution >= 4 is 16.7 Å². The molecule has 6 nitrogen and oxygen atoms in total. The van der Waals surface area contributed by atoms with Crippen LogP contribution in [0.5, 0.6) is 0 Å². The lowest BCUT2D eigenvalue weighted by Crippen LogP contribution is -2.19. The van der Waals surface area contributed by atoms with Crippen molar-refractivity contribution in [3.8, 4) is 51.1 Å². The molecule has 47 heavy (non-hydrogen) atoms. The number of aromatic nitrogens is 2. The zero-order chi connectivity index (χ0) is 32.2. The Morgan fingerprint density at radius 1 is 0.617 bits per heavy atom. The Balaban J connectivity index is 1.21. The number of nitrogens with one attached hydrogen (secondary N) is 1. The number of benzene rings is 6. The minimum Gasteiger partial charge on any atom is -0.454 e. The van der Waals surface area contributed by atoms with Gasteiger partial charge in [-0.25, -0.2) is 9.97 Å². The van der Waals surface area contributed by atoms with Crippen molar-refractivity contribution in [3.63, 3.8) is 0 Å². The number of hydrogen-bond acceptors (Lipinski definition) is 6. The van der Waals surface area contributed by atoms with E-state index >= 15 is 0 Å². The van der Waals surface area contributed by atoms with Crippen LogP contribution < -0.4 is 5.73 Å². The van der Waals surface area contributed by atoms with Gasteiger partial charge in [-0.05, 0) is 52.2 Å². The van der Waals surface area contributed by atoms with E-state index in [0.29, 0.717) is 17.0 Å². The molecule has 3 N–H and O–H groups in total. The van der Waals surface area contributed by atoms with Gasteiger partial charge in [0.05, 0.1) is 23.0 Å². The van der Waals surface area contributed by atoms with Crippen LogP contribution in [0.4, 0.5) is 0 Å². The summed E-state index contributed by atoms with van der Waals surface area (Å²) in [6.07, 6.45) is -0.852. The first-order chi connectivity index (χ1) is 23.1. The fourth-order valence-electron chi connectivity index (χ4n) is 5.67. The van der Waals surface area contributed by atoms with E-state index in [-0.39, 0.29) is 5.90 Å². The molecule has 0 aliphatic carbocycles. The number of fused-ring (bicyclic) bond motifs is 1. The summed E-state index contributed by atoms with van der Waals surface area (Å²) in [5.41, 5.74) is 15.2. The average molecular weight is 608 g/mol. The molecule has 0 aliphatic heterocycles. The lowest BCUT2D eigenvalue weighted by molar-refractivity contribution is 0.200. The summed E-state index contributed by atoms with van der Waals surface area (Å²) in [6, 6.07) is 51.5. The predicted octanol–water partition coefficient (Wildman–Crippen LogP) is 9.17. The molecule has 7 rings (SSSR count). The molecule has 1 heterocycles. The highest BCUT2D eigenvalue weighted by Gasteiger charge is 2.17. The Bertz CT molecular complexity index is 2180. The van der Waals surface area contributed by atoms with Crippen LogP contribution in [0, 0.1) is 16.7 Å². The molecule has 0 radical (unpaired) electrons. The lowest BCUT2D eigenvalue weighted by atomic mass is 9.93. The second-order valence-corrected chi connectivity index (χ2v) is 11.1. The third-order valence-corrected chi connectivity index (χ3v) is 8.10. The molecule has 0 saturated heterocycles. The van der Waals surface area contributed by atoms with E-state index in [1.807, 2.05) is 84.9 Å². The normalized spacial score (nSPS) is 11.5. The molecule has 224 valence electrons. The van der Waals surface area contributed by atoms with Crippen molar-refractivity contribution < 1.29 is 4.74 Å². The zero-order valence-electron chi connectivity index (χ0n) is 25.3. The van der Waals surface area contributed by atoms with Crippen molar-refractivity contribution in [2.75, 3.05) is 0 Å². The van der Waals surface area contributed by atoms with Gasteiger partial charge in [0, 0.05) is 27.8 Å². The standard InChI is InChI=1S/C41H29N5O/c42-26-27-15-17-31(18-16-27)39(43)47-40(44)36-24-23-33(34-13-7-8-14-35(34)36)28-19-21-30(22-20-28)38-25-37(29-9-3-1-4-10-29)45-41(46-38)32-11-5-2-6-12-32/h1-25,40,43H,44H2. The quantitative estimate of drug-likeness (QED) is 0.107. The third kappa shape index (κ3) is 6.12. The number of ether oxygens (including phenoxy) is 1. The topological polar surface area (TPSA) is 109 Å². The van der Waals surface area contributed by atoms with E-state index in [2.05, 4.69) is 48.5 Å². The molecule has 1 unspecified atom stereocenters. The molecular formula is C41H29N5O. The number of nitrogens with two attached hydrogens (primary N) is 1. The molecule has 1 atom stereocenters. The Morgan fingerprint density at radius 3 is 1.81 bits per heavy atom. The molecule has 7 aromatic rings. The largest absolute Gasteiger partial charge is 0.454 e. The van der Waals surface area contributed by atoms with E-state index in [1.165, 1.54) is 0 Å². The monoisotopic (exact) mass is 607 g/mol. The summed E-state index contributed by atoms with van der Waals surface area (Å²) in [5, 5.41) is 19.5. The van der Waals surface area contributed by atoms with Crippen molar-refractivity contribution in [2.45, 2.75) is 6.23 Å². The van der Waals surface area contributed by atoms with Gasteiger partial charge in [-0.15, -0.1) is 0 Å². The molecular weight excluding hydrogens is 578 g/mol. The predicted molar refractivity (Wildman–Crippen MR) is 187 cm³/mol. The maximum Gasteiger partial charge on any atom is 0.215 e. The number of nitrogens with zero attached hydrogens (tertiary/aromatic N) is 3. The first-order valence-electron chi connectivity index (χ1n) is 15.2. The van der Waals surface area contributed by atoms with E-state index in [4.69, 9.17) is 31.1 Å². The van der Waals surface area contributed by atoms with Crippen LogP contribution in [-0.4, -0.2) is 15.9 Å². The maximum atomic E-state index is 9.07. The fraction of sp³-hybridized carbons (Fsp3) is 0.0244. The van der Waals surface area contributed by atoms with Gasteiger partial charge in [0.1, 0.15) is 0 Å². The number of rotatable bonds is 7. The summed E-state index contributed by atoms with van der Waals surface area (Å²) in [6.45, 7) is 0. The Hall–Kier alpha value is -6.42. The Labute approximate surface area is 272 Å². The molecule has 0 bridgehead atoms. The number of hydrogen-bond donors (Lipinski definition) is 2. The summed E-state index contributed by atoms with van der Waals surface area (Å²) < 4.78 is 5.86. The second-order valence-electron chi connectivity index (χ2n) is 11.1. The van der Waals surface area contributed by atoms with E-state index in [1.54, 1.807) is 24.3 Å². The van der Waals surface area contributed by atoms with Gasteiger partial charge >= 0.3 is 0 Å². The van der Waals surface area contributed by atoms with E-state index in [0.717, 1.165) is 55.5 Å². The molecule has 6 aromatic carbocycles. The Morgan fingerprint density at radius 2 is 1.17 bits per heavy atom. The second kappa shape index (κ2) is 12.9. The van der Waals surface area contributed by atoms with Crippen LogP contribution in [0.1, 0.15) is 22.9 Å². The van der Waals surface area contributed by atoms with Crippen LogP contribution in [0.3, 0.4) is 0 Å². The average Bonchev–Trinajstić information content (AvgIpc) is 3.15. The smallest absolute Gasteiger partial charge is 0.215 e. The van der Waals surface area contributed by atoms with Gasteiger partial charge in [-0.3, -0.25) is 11.1 Å². The van der Waals surface area contributed by atoms with E-state index in [9.17, 15) is 0 Å². The van der Waals surface area contributed by atoms with Crippen molar-refractivity contribution in [3.05, 3.63) is 168 Å². The van der Waals surface area contributed by atoms with Crippen LogP contribution in [0.2, 0.25) is 0 Å². The molecule has 0 fully saturated rings. The first-order valence-corrected chi connectivity index (χ1v) is 15.2. The minimum atomic E-state index is -0.852. The van der Waals surface area contributed by atoms with Crippen molar-refractivity contribution in [2.24, 2.45) is 5.73 Å². The number of nitriles is 1. The molecule has 6 heteroatoms. The zero-order valence-corrected chi connectivity index (χ0v) is 25.3. The van der Waals surface area contributed by atoms with Gasteiger partial charge in [0.2, 0.25) is 5.90 Å². The van der Waals surface area contributed by atoms with Gasteiger partial charge in [-0.2, -0.15) is 5.26 Å². The maximum absolute atomic E-state index is 9.07. The van der Waals surface area contributed by atoms with Gasteiger partial charge in [-0.1, -0.05) is 121 Å². The highest BCUT2D eigenvalue weighted by molar-refractivity contribution is 5.99. The molecule has 1 aromatic heterocycles. The van der Waals surface area contributed by atoms with Crippen LogP contribution >= 0.6 is 0 Å². The molecule has 0 spiro atoms. The fourth-order valence-corrected chi connectivity index (χ4v) is 5.67. The lowest BCUT2D eigenvalue weighted by Gasteiger charge is -2.19. The van der Waals surface area contributed by atoms with Crippen molar-refractivity contribution in [1.29, 1.82) is 10.7 Å². The summed E-state index contributed by atoms with van der Waals surface area (Å²) in [4.78, 5) is 9.87. The van der Waals surface area contributed by atoms with Crippen LogP contribution in [0.25, 0.3) is 55.8 Å². The van der Waals surface area contributed by atoms with Gasteiger partial charge in [0.15, 0.2) is 12.1 Å². The van der Waals surface area contributed by atoms with Crippen molar-refractivity contribution in [1.82, 2.24) is 9.97 Å².